The number of halogens is 1. The number of rotatable bonds is 5. The van der Waals surface area contributed by atoms with E-state index in [0.29, 0.717) is 0 Å². The minimum atomic E-state index is -2.02. The fourth-order valence-corrected chi connectivity index (χ4v) is 1.19. The van der Waals surface area contributed by atoms with Gasteiger partial charge in [-0.3, -0.25) is 4.79 Å². The van der Waals surface area contributed by atoms with E-state index in [1.54, 1.807) is 27.7 Å². The zero-order chi connectivity index (χ0) is 12.9. The Balaban J connectivity index is 4.33. The molecule has 0 fully saturated rings. The zero-order valence-corrected chi connectivity index (χ0v) is 11.4. The first-order chi connectivity index (χ1) is 7.15. The predicted molar refractivity (Wildman–Crippen MR) is 60.9 cm³/mol. The summed E-state index contributed by atoms with van der Waals surface area (Å²) < 4.78 is 7.56. The Morgan fingerprint density at radius 3 is 2.00 bits per heavy atom. The summed E-state index contributed by atoms with van der Waals surface area (Å²) in [7, 11) is 0. The first-order valence-electron chi connectivity index (χ1n) is 4.97. The number of esters is 2. The van der Waals surface area contributed by atoms with E-state index in [4.69, 9.17) is 9.47 Å². The Morgan fingerprint density at radius 2 is 1.62 bits per heavy atom. The maximum absolute atomic E-state index is 11.4. The van der Waals surface area contributed by atoms with E-state index in [0.717, 1.165) is 0 Å². The standard InChI is InChI=1S/C10H17BrO5/c1-6(2)15-8(12)5-10(11,14)9(13)16-7(3)4/h6-7,14H,5H2,1-4H3. The van der Waals surface area contributed by atoms with Crippen molar-refractivity contribution < 1.29 is 24.2 Å². The normalized spacial score (nSPS) is 14.8. The number of hydrogen-bond donors (Lipinski definition) is 1. The Kier molecular flexibility index (Phi) is 5.96. The maximum Gasteiger partial charge on any atom is 0.350 e. The van der Waals surface area contributed by atoms with Gasteiger partial charge in [-0.1, -0.05) is 0 Å². The average Bonchev–Trinajstić information content (AvgIpc) is 1.98. The molecule has 0 spiro atoms. The molecular weight excluding hydrogens is 280 g/mol. The lowest BCUT2D eigenvalue weighted by Crippen LogP contribution is -2.38. The number of carbonyl (C=O) groups excluding carboxylic acids is 2. The minimum absolute atomic E-state index is 0.295. The first kappa shape index (κ1) is 15.4. The highest BCUT2D eigenvalue weighted by Gasteiger charge is 2.38. The Labute approximate surface area is 103 Å². The second kappa shape index (κ2) is 6.20. The van der Waals surface area contributed by atoms with Crippen LogP contribution in [0, 0.1) is 0 Å². The van der Waals surface area contributed by atoms with Crippen molar-refractivity contribution in [3.8, 4) is 0 Å². The molecule has 0 saturated carbocycles. The van der Waals surface area contributed by atoms with Crippen LogP contribution in [0.1, 0.15) is 34.1 Å². The smallest absolute Gasteiger partial charge is 0.350 e. The van der Waals surface area contributed by atoms with Crippen molar-refractivity contribution in [2.24, 2.45) is 0 Å². The summed E-state index contributed by atoms with van der Waals surface area (Å²) in [5, 5.41) is 9.66. The van der Waals surface area contributed by atoms with E-state index in [-0.39, 0.29) is 12.2 Å². The van der Waals surface area contributed by atoms with Gasteiger partial charge < -0.3 is 14.6 Å². The lowest BCUT2D eigenvalue weighted by molar-refractivity contribution is -0.166. The van der Waals surface area contributed by atoms with E-state index in [1.807, 2.05) is 0 Å². The molecule has 0 rings (SSSR count). The summed E-state index contributed by atoms with van der Waals surface area (Å²) in [6.07, 6.45) is -1.15. The second-order valence-electron chi connectivity index (χ2n) is 3.93. The molecule has 1 unspecified atom stereocenters. The van der Waals surface area contributed by atoms with Crippen LogP contribution in [0.25, 0.3) is 0 Å². The molecule has 1 N–H and O–H groups in total. The highest BCUT2D eigenvalue weighted by molar-refractivity contribution is 9.10. The number of carbonyl (C=O) groups is 2. The monoisotopic (exact) mass is 296 g/mol. The fourth-order valence-electron chi connectivity index (χ4n) is 0.872. The SMILES string of the molecule is CC(C)OC(=O)CC(O)(Br)C(=O)OC(C)C. The van der Waals surface area contributed by atoms with Crippen molar-refractivity contribution in [3.63, 3.8) is 0 Å². The molecule has 0 aromatic heterocycles. The van der Waals surface area contributed by atoms with Crippen LogP contribution in [0.3, 0.4) is 0 Å². The maximum atomic E-state index is 11.4. The average molecular weight is 297 g/mol. The van der Waals surface area contributed by atoms with Crippen molar-refractivity contribution in [1.29, 1.82) is 0 Å². The molecule has 6 heteroatoms. The molecule has 0 aliphatic heterocycles. The van der Waals surface area contributed by atoms with Crippen LogP contribution in [0.2, 0.25) is 0 Å². The quantitative estimate of drug-likeness (QED) is 0.613. The van der Waals surface area contributed by atoms with Gasteiger partial charge in [-0.2, -0.15) is 0 Å². The van der Waals surface area contributed by atoms with Crippen LogP contribution in [0.15, 0.2) is 0 Å². The van der Waals surface area contributed by atoms with Crippen LogP contribution in [0.5, 0.6) is 0 Å². The van der Waals surface area contributed by atoms with Gasteiger partial charge in [0.25, 0.3) is 0 Å². The van der Waals surface area contributed by atoms with Crippen LogP contribution in [-0.2, 0) is 19.1 Å². The lowest BCUT2D eigenvalue weighted by atomic mass is 10.2. The topological polar surface area (TPSA) is 72.8 Å². The van der Waals surface area contributed by atoms with Crippen LogP contribution >= 0.6 is 15.9 Å². The molecule has 0 aromatic rings. The molecule has 0 radical (unpaired) electrons. The third-order valence-corrected chi connectivity index (χ3v) is 2.01. The van der Waals surface area contributed by atoms with E-state index < -0.39 is 22.9 Å². The molecule has 0 heterocycles. The van der Waals surface area contributed by atoms with Crippen molar-refractivity contribution in [2.45, 2.75) is 50.8 Å². The molecule has 0 aliphatic rings. The van der Waals surface area contributed by atoms with Crippen LogP contribution < -0.4 is 0 Å². The predicted octanol–water partition coefficient (Wildman–Crippen LogP) is 1.36. The first-order valence-corrected chi connectivity index (χ1v) is 5.76. The summed E-state index contributed by atoms with van der Waals surface area (Å²) in [5.74, 6) is -1.57. The van der Waals surface area contributed by atoms with Crippen molar-refractivity contribution in [1.82, 2.24) is 0 Å². The van der Waals surface area contributed by atoms with Gasteiger partial charge >= 0.3 is 11.9 Å². The number of aliphatic hydroxyl groups is 1. The molecule has 0 bridgehead atoms. The summed E-state index contributed by atoms with van der Waals surface area (Å²) in [4.78, 5) is 22.6. The second-order valence-corrected chi connectivity index (χ2v) is 5.24. The van der Waals surface area contributed by atoms with Gasteiger partial charge in [-0.15, -0.1) is 0 Å². The van der Waals surface area contributed by atoms with Crippen molar-refractivity contribution in [3.05, 3.63) is 0 Å². The number of ether oxygens (including phenoxy) is 2. The molecule has 0 amide bonds. The Bertz CT molecular complexity index is 260. The lowest BCUT2D eigenvalue weighted by Gasteiger charge is -2.20. The molecule has 0 aromatic carbocycles. The summed E-state index contributed by atoms with van der Waals surface area (Å²) in [5.41, 5.74) is 0. The van der Waals surface area contributed by atoms with E-state index in [2.05, 4.69) is 15.9 Å². The fraction of sp³-hybridized carbons (Fsp3) is 0.800. The molecule has 16 heavy (non-hydrogen) atoms. The van der Waals surface area contributed by atoms with Gasteiger partial charge in [0, 0.05) is 0 Å². The Morgan fingerprint density at radius 1 is 1.19 bits per heavy atom. The van der Waals surface area contributed by atoms with E-state index in [9.17, 15) is 14.7 Å². The van der Waals surface area contributed by atoms with Gasteiger partial charge in [0.05, 0.1) is 18.6 Å². The van der Waals surface area contributed by atoms with Gasteiger partial charge in [-0.05, 0) is 43.6 Å². The van der Waals surface area contributed by atoms with Crippen molar-refractivity contribution in [2.75, 3.05) is 0 Å². The third-order valence-electron chi connectivity index (χ3n) is 1.40. The highest BCUT2D eigenvalue weighted by Crippen LogP contribution is 2.22. The van der Waals surface area contributed by atoms with Crippen molar-refractivity contribution >= 4 is 27.9 Å². The summed E-state index contributed by atoms with van der Waals surface area (Å²) in [6, 6.07) is 0. The summed E-state index contributed by atoms with van der Waals surface area (Å²) >= 11 is 2.75. The molecular formula is C10H17BrO5. The largest absolute Gasteiger partial charge is 0.463 e. The molecule has 94 valence electrons. The molecule has 1 atom stereocenters. The van der Waals surface area contributed by atoms with Gasteiger partial charge in [-0.25, -0.2) is 4.79 Å². The minimum Gasteiger partial charge on any atom is -0.463 e. The molecule has 0 aliphatic carbocycles. The molecule has 5 nitrogen and oxygen atoms in total. The highest BCUT2D eigenvalue weighted by atomic mass is 79.9. The van der Waals surface area contributed by atoms with Gasteiger partial charge in [0.1, 0.15) is 0 Å². The zero-order valence-electron chi connectivity index (χ0n) is 9.82. The summed E-state index contributed by atoms with van der Waals surface area (Å²) in [6.45, 7) is 6.65. The molecule has 0 saturated heterocycles. The van der Waals surface area contributed by atoms with Gasteiger partial charge in [0.15, 0.2) is 0 Å². The van der Waals surface area contributed by atoms with Crippen LogP contribution in [-0.4, -0.2) is 33.8 Å². The third kappa shape index (κ3) is 6.07. The van der Waals surface area contributed by atoms with E-state index in [1.165, 1.54) is 0 Å². The number of alkyl halides is 1. The van der Waals surface area contributed by atoms with Crippen LogP contribution in [0.4, 0.5) is 0 Å². The Hall–Kier alpha value is -0.620. The van der Waals surface area contributed by atoms with Gasteiger partial charge in [0.2, 0.25) is 4.51 Å². The number of hydrogen-bond acceptors (Lipinski definition) is 5. The van der Waals surface area contributed by atoms with E-state index >= 15 is 0 Å².